The Labute approximate surface area is 81.6 Å². The number of aromatic nitrogens is 2. The van der Waals surface area contributed by atoms with Gasteiger partial charge in [0.25, 0.3) is 5.56 Å². The van der Waals surface area contributed by atoms with E-state index in [9.17, 15) is 4.79 Å². The van der Waals surface area contributed by atoms with Crippen molar-refractivity contribution in [2.24, 2.45) is 0 Å². The van der Waals surface area contributed by atoms with Gasteiger partial charge in [-0.25, -0.2) is 0 Å². The van der Waals surface area contributed by atoms with Gasteiger partial charge in [-0.05, 0) is 19.1 Å². The SMILES string of the molecule is C#CCn1c(C)cn2cccc2c1=O. The predicted molar refractivity (Wildman–Crippen MR) is 55.2 cm³/mol. The molecule has 2 aromatic heterocycles. The van der Waals surface area contributed by atoms with Crippen LogP contribution in [-0.2, 0) is 6.54 Å². The molecule has 0 N–H and O–H groups in total. The minimum Gasteiger partial charge on any atom is -0.317 e. The topological polar surface area (TPSA) is 26.4 Å². The van der Waals surface area contributed by atoms with Crippen LogP contribution in [0.2, 0.25) is 0 Å². The molecule has 3 heteroatoms. The summed E-state index contributed by atoms with van der Waals surface area (Å²) < 4.78 is 3.40. The third-order valence-electron chi connectivity index (χ3n) is 2.24. The van der Waals surface area contributed by atoms with Crippen LogP contribution >= 0.6 is 0 Å². The molecule has 3 nitrogen and oxygen atoms in total. The van der Waals surface area contributed by atoms with E-state index in [1.54, 1.807) is 10.6 Å². The fraction of sp³-hybridized carbons (Fsp3) is 0.182. The Balaban J connectivity index is 2.84. The zero-order chi connectivity index (χ0) is 10.1. The van der Waals surface area contributed by atoms with Crippen LogP contribution in [-0.4, -0.2) is 8.97 Å². The van der Waals surface area contributed by atoms with Gasteiger partial charge in [0.05, 0.1) is 6.54 Å². The van der Waals surface area contributed by atoms with Crippen molar-refractivity contribution in [3.8, 4) is 12.3 Å². The van der Waals surface area contributed by atoms with Crippen LogP contribution < -0.4 is 5.56 Å². The van der Waals surface area contributed by atoms with Gasteiger partial charge in [-0.3, -0.25) is 9.36 Å². The Morgan fingerprint density at radius 2 is 2.36 bits per heavy atom. The third kappa shape index (κ3) is 1.12. The Hall–Kier alpha value is -1.95. The highest BCUT2D eigenvalue weighted by Gasteiger charge is 2.04. The van der Waals surface area contributed by atoms with Gasteiger partial charge >= 0.3 is 0 Å². The normalized spacial score (nSPS) is 10.3. The van der Waals surface area contributed by atoms with Crippen LogP contribution in [0.25, 0.3) is 5.52 Å². The molecule has 0 fully saturated rings. The summed E-state index contributed by atoms with van der Waals surface area (Å²) >= 11 is 0. The lowest BCUT2D eigenvalue weighted by atomic mass is 10.4. The first kappa shape index (κ1) is 8.64. The molecule has 0 aliphatic rings. The maximum absolute atomic E-state index is 11.8. The molecule has 2 rings (SSSR count). The van der Waals surface area contributed by atoms with E-state index in [-0.39, 0.29) is 5.56 Å². The second-order valence-electron chi connectivity index (χ2n) is 3.17. The first-order chi connectivity index (χ1) is 6.74. The molecule has 2 heterocycles. The molecule has 0 amide bonds. The van der Waals surface area contributed by atoms with Crippen LogP contribution in [0.1, 0.15) is 5.69 Å². The molecule has 0 radical (unpaired) electrons. The van der Waals surface area contributed by atoms with Gasteiger partial charge in [0.2, 0.25) is 0 Å². The number of fused-ring (bicyclic) bond motifs is 1. The Bertz CT molecular complexity index is 569. The lowest BCUT2D eigenvalue weighted by molar-refractivity contribution is 0.752. The van der Waals surface area contributed by atoms with E-state index in [4.69, 9.17) is 6.42 Å². The zero-order valence-electron chi connectivity index (χ0n) is 7.90. The van der Waals surface area contributed by atoms with Gasteiger partial charge in [-0.15, -0.1) is 6.42 Å². The predicted octanol–water partition coefficient (Wildman–Crippen LogP) is 1.04. The van der Waals surface area contributed by atoms with Gasteiger partial charge in [0.1, 0.15) is 5.52 Å². The fourth-order valence-electron chi connectivity index (χ4n) is 1.54. The number of terminal acetylenes is 1. The molecule has 0 aromatic carbocycles. The highest BCUT2D eigenvalue weighted by atomic mass is 16.1. The van der Waals surface area contributed by atoms with Crippen LogP contribution in [0.5, 0.6) is 0 Å². The zero-order valence-corrected chi connectivity index (χ0v) is 7.90. The summed E-state index contributed by atoms with van der Waals surface area (Å²) in [6.07, 6.45) is 8.95. The van der Waals surface area contributed by atoms with Crippen molar-refractivity contribution in [3.05, 3.63) is 40.6 Å². The smallest absolute Gasteiger partial charge is 0.275 e. The number of rotatable bonds is 1. The molecule has 2 aromatic rings. The number of aryl methyl sites for hydroxylation is 1. The molecule has 0 atom stereocenters. The van der Waals surface area contributed by atoms with E-state index in [0.717, 1.165) is 5.69 Å². The maximum atomic E-state index is 11.8. The summed E-state index contributed by atoms with van der Waals surface area (Å²) in [5, 5.41) is 0. The Morgan fingerprint density at radius 1 is 1.57 bits per heavy atom. The summed E-state index contributed by atoms with van der Waals surface area (Å²) in [7, 11) is 0. The maximum Gasteiger partial charge on any atom is 0.275 e. The molecule has 70 valence electrons. The van der Waals surface area contributed by atoms with E-state index in [1.807, 2.05) is 29.8 Å². The lowest BCUT2D eigenvalue weighted by Gasteiger charge is -2.06. The average Bonchev–Trinajstić information content (AvgIpc) is 2.60. The van der Waals surface area contributed by atoms with Gasteiger partial charge < -0.3 is 4.40 Å². The molecule has 0 unspecified atom stereocenters. The quantitative estimate of drug-likeness (QED) is 0.611. The lowest BCUT2D eigenvalue weighted by Crippen LogP contribution is -2.23. The molecule has 0 spiro atoms. The monoisotopic (exact) mass is 186 g/mol. The third-order valence-corrected chi connectivity index (χ3v) is 2.24. The number of hydrogen-bond acceptors (Lipinski definition) is 1. The molecule has 0 aliphatic heterocycles. The van der Waals surface area contributed by atoms with E-state index in [0.29, 0.717) is 12.1 Å². The van der Waals surface area contributed by atoms with Crippen molar-refractivity contribution in [1.82, 2.24) is 8.97 Å². The second kappa shape index (κ2) is 3.08. The van der Waals surface area contributed by atoms with Crippen LogP contribution in [0.15, 0.2) is 29.3 Å². The average molecular weight is 186 g/mol. The van der Waals surface area contributed by atoms with E-state index in [1.165, 1.54) is 0 Å². The van der Waals surface area contributed by atoms with Gasteiger partial charge in [-0.1, -0.05) is 5.92 Å². The first-order valence-electron chi connectivity index (χ1n) is 4.34. The minimum atomic E-state index is -0.0343. The van der Waals surface area contributed by atoms with E-state index >= 15 is 0 Å². The van der Waals surface area contributed by atoms with Crippen LogP contribution in [0.4, 0.5) is 0 Å². The van der Waals surface area contributed by atoms with Gasteiger partial charge in [0, 0.05) is 18.1 Å². The molecule has 0 saturated carbocycles. The van der Waals surface area contributed by atoms with Crippen molar-refractivity contribution in [2.45, 2.75) is 13.5 Å². The van der Waals surface area contributed by atoms with E-state index in [2.05, 4.69) is 5.92 Å². The minimum absolute atomic E-state index is 0.0343. The highest BCUT2D eigenvalue weighted by molar-refractivity contribution is 5.45. The van der Waals surface area contributed by atoms with Gasteiger partial charge in [-0.2, -0.15) is 0 Å². The largest absolute Gasteiger partial charge is 0.317 e. The molecular weight excluding hydrogens is 176 g/mol. The Kier molecular flexibility index (Phi) is 1.90. The molecule has 0 saturated heterocycles. The molecule has 0 aliphatic carbocycles. The molecule has 14 heavy (non-hydrogen) atoms. The second-order valence-corrected chi connectivity index (χ2v) is 3.17. The standard InChI is InChI=1S/C11H10N2O/c1-3-6-13-9(2)8-12-7-4-5-10(12)11(13)14/h1,4-5,7-8H,6H2,2H3. The van der Waals surface area contributed by atoms with Crippen LogP contribution in [0.3, 0.4) is 0 Å². The number of nitrogens with zero attached hydrogens (tertiary/aromatic N) is 2. The molecular formula is C11H10N2O. The van der Waals surface area contributed by atoms with Crippen molar-refractivity contribution in [3.63, 3.8) is 0 Å². The summed E-state index contributed by atoms with van der Waals surface area (Å²) in [5.41, 5.74) is 1.50. The summed E-state index contributed by atoms with van der Waals surface area (Å²) in [5.74, 6) is 2.48. The Morgan fingerprint density at radius 3 is 3.07 bits per heavy atom. The van der Waals surface area contributed by atoms with Crippen LogP contribution in [0, 0.1) is 19.3 Å². The summed E-state index contributed by atoms with van der Waals surface area (Å²) in [6.45, 7) is 2.20. The van der Waals surface area contributed by atoms with Crippen molar-refractivity contribution in [2.75, 3.05) is 0 Å². The van der Waals surface area contributed by atoms with Gasteiger partial charge in [0.15, 0.2) is 0 Å². The highest BCUT2D eigenvalue weighted by Crippen LogP contribution is 2.01. The first-order valence-corrected chi connectivity index (χ1v) is 4.34. The fourth-order valence-corrected chi connectivity index (χ4v) is 1.54. The van der Waals surface area contributed by atoms with Crippen molar-refractivity contribution < 1.29 is 0 Å². The van der Waals surface area contributed by atoms with E-state index < -0.39 is 0 Å². The van der Waals surface area contributed by atoms with Crippen molar-refractivity contribution >= 4 is 5.52 Å². The number of hydrogen-bond donors (Lipinski definition) is 0. The van der Waals surface area contributed by atoms with Crippen molar-refractivity contribution in [1.29, 1.82) is 0 Å². The summed E-state index contributed by atoms with van der Waals surface area (Å²) in [6, 6.07) is 3.63. The summed E-state index contributed by atoms with van der Waals surface area (Å²) in [4.78, 5) is 11.8. The molecule has 0 bridgehead atoms.